The maximum atomic E-state index is 2.51. The minimum atomic E-state index is -0.225. The van der Waals surface area contributed by atoms with E-state index >= 15 is 0 Å². The Labute approximate surface area is 495 Å². The van der Waals surface area contributed by atoms with Gasteiger partial charge in [0.2, 0.25) is 0 Å². The first kappa shape index (κ1) is 50.4. The van der Waals surface area contributed by atoms with Crippen molar-refractivity contribution in [2.45, 2.75) is 77.0 Å². The Balaban J connectivity index is 0.743. The van der Waals surface area contributed by atoms with Crippen molar-refractivity contribution in [2.24, 2.45) is 0 Å². The van der Waals surface area contributed by atoms with Crippen molar-refractivity contribution in [3.05, 3.63) is 299 Å². The summed E-state index contributed by atoms with van der Waals surface area (Å²) in [5, 5.41) is 0. The zero-order chi connectivity index (χ0) is 57.0. The average molecular weight is 1080 g/mol. The third kappa shape index (κ3) is 7.39. The quantitative estimate of drug-likeness (QED) is 0.149. The van der Waals surface area contributed by atoms with Crippen LogP contribution in [0.2, 0.25) is 0 Å². The van der Waals surface area contributed by atoms with Crippen LogP contribution in [0.1, 0.15) is 99.9 Å². The van der Waals surface area contributed by atoms with Crippen LogP contribution in [-0.4, -0.2) is 0 Å². The first-order valence-corrected chi connectivity index (χ1v) is 30.1. The first-order chi connectivity index (χ1) is 40.6. The van der Waals surface area contributed by atoms with Gasteiger partial charge in [0.05, 0.1) is 0 Å². The van der Waals surface area contributed by atoms with Gasteiger partial charge in [0.1, 0.15) is 0 Å². The molecule has 12 aromatic carbocycles. The molecule has 16 rings (SSSR count). The molecule has 0 saturated carbocycles. The van der Waals surface area contributed by atoms with Gasteiger partial charge in [-0.15, -0.1) is 0 Å². The van der Waals surface area contributed by atoms with E-state index in [2.05, 4.69) is 310 Å². The third-order valence-electron chi connectivity index (χ3n) is 20.3. The Morgan fingerprint density at radius 2 is 0.357 bits per heavy atom. The first-order valence-electron chi connectivity index (χ1n) is 30.1. The van der Waals surface area contributed by atoms with Crippen LogP contribution in [0.15, 0.2) is 255 Å². The van der Waals surface area contributed by atoms with Crippen LogP contribution < -0.4 is 0 Å². The van der Waals surface area contributed by atoms with Crippen molar-refractivity contribution in [3.63, 3.8) is 0 Å². The summed E-state index contributed by atoms with van der Waals surface area (Å²) in [5.74, 6) is 0. The molecule has 0 fully saturated rings. The highest BCUT2D eigenvalue weighted by atomic mass is 14.4. The average Bonchev–Trinajstić information content (AvgIpc) is 2.07. The highest BCUT2D eigenvalue weighted by Crippen LogP contribution is 2.56. The molecule has 0 heteroatoms. The Kier molecular flexibility index (Phi) is 10.8. The molecule has 0 aliphatic heterocycles. The van der Waals surface area contributed by atoms with E-state index < -0.39 is 0 Å². The van der Waals surface area contributed by atoms with Crippen LogP contribution in [0.5, 0.6) is 0 Å². The van der Waals surface area contributed by atoms with E-state index in [1.807, 2.05) is 0 Å². The van der Waals surface area contributed by atoms with Gasteiger partial charge in [-0.25, -0.2) is 0 Å². The highest BCUT2D eigenvalue weighted by molar-refractivity contribution is 5.96. The summed E-state index contributed by atoms with van der Waals surface area (Å²) in [4.78, 5) is 0. The summed E-state index contributed by atoms with van der Waals surface area (Å²) >= 11 is 0. The summed E-state index contributed by atoms with van der Waals surface area (Å²) in [6, 6.07) is 97.2. The SMILES string of the molecule is CC1(C)c2ccccc2-c2ccc(-c3ccc(-c4ccccc4)cc3-c3ccc4c(c3)C(C)(C)c3cc(-c5ccc6c(c5)C(C)(C)c5cc(-c7cc(-c8ccccc8)ccc7-c7ccc8c(c7)C(C)(C)c7ccccc7-8)ccc5-6)ccc3-4)cc21. The number of benzene rings is 12. The van der Waals surface area contributed by atoms with Crippen LogP contribution in [0.3, 0.4) is 0 Å². The maximum absolute atomic E-state index is 2.51. The van der Waals surface area contributed by atoms with Crippen molar-refractivity contribution in [1.29, 1.82) is 0 Å². The second-order valence-corrected chi connectivity index (χ2v) is 26.4. The Morgan fingerprint density at radius 3 is 0.679 bits per heavy atom. The molecule has 4 aliphatic rings. The Bertz CT molecular complexity index is 4440. The molecule has 0 heterocycles. The summed E-state index contributed by atoms with van der Waals surface area (Å²) < 4.78 is 0. The Morgan fingerprint density at radius 1 is 0.143 bits per heavy atom. The summed E-state index contributed by atoms with van der Waals surface area (Å²) in [5.41, 5.74) is 38.6. The Hall–Kier alpha value is -9.36. The molecule has 0 amide bonds. The number of rotatable bonds is 7. The van der Waals surface area contributed by atoms with Gasteiger partial charge in [0.25, 0.3) is 0 Å². The zero-order valence-electron chi connectivity index (χ0n) is 49.2. The van der Waals surface area contributed by atoms with E-state index in [4.69, 9.17) is 0 Å². The largest absolute Gasteiger partial charge is 0.0622 e. The predicted molar refractivity (Wildman–Crippen MR) is 355 cm³/mol. The summed E-state index contributed by atoms with van der Waals surface area (Å²) in [6.45, 7) is 19.2. The molecule has 0 bridgehead atoms. The van der Waals surface area contributed by atoms with Gasteiger partial charge in [-0.2, -0.15) is 0 Å². The molecule has 0 saturated heterocycles. The number of hydrogen-bond donors (Lipinski definition) is 0. The minimum absolute atomic E-state index is 0.0854. The van der Waals surface area contributed by atoms with E-state index in [1.54, 1.807) is 0 Å². The lowest BCUT2D eigenvalue weighted by Gasteiger charge is -2.24. The van der Waals surface area contributed by atoms with Crippen molar-refractivity contribution in [2.75, 3.05) is 0 Å². The van der Waals surface area contributed by atoms with E-state index in [9.17, 15) is 0 Å². The summed E-state index contributed by atoms with van der Waals surface area (Å²) in [6.07, 6.45) is 0. The standard InChI is InChI=1S/C84H66/c1-81(2)73-25-17-15-23-63(73)65-39-31-57(47-77(65)81)61-35-27-53(51-19-11-9-12-20-51)43-71(61)59-33-41-69-67-37-29-55(45-75(67)83(5,6)79(69)49-59)56-30-38-68-70-42-34-60(50-80(70)84(7,8)76(68)46-56)72-44-54(52-21-13-10-14-22-52)28-36-62(72)58-32-40-66-64-24-16-18-26-74(64)82(3,4)78(66)48-58/h9-50H,1-8H3. The normalized spacial score (nSPS) is 15.3. The lowest BCUT2D eigenvalue weighted by Crippen LogP contribution is -2.15. The van der Waals surface area contributed by atoms with Crippen LogP contribution in [0.25, 0.3) is 122 Å². The lowest BCUT2D eigenvalue weighted by atomic mass is 9.79. The molecule has 0 aromatic heterocycles. The third-order valence-corrected chi connectivity index (χ3v) is 20.3. The van der Waals surface area contributed by atoms with Gasteiger partial charge in [-0.05, 0) is 215 Å². The molecule has 0 unspecified atom stereocenters. The summed E-state index contributed by atoms with van der Waals surface area (Å²) in [7, 11) is 0. The zero-order valence-corrected chi connectivity index (χ0v) is 49.2. The van der Waals surface area contributed by atoms with Gasteiger partial charge >= 0.3 is 0 Å². The molecule has 4 aliphatic carbocycles. The van der Waals surface area contributed by atoms with E-state index in [-0.39, 0.29) is 21.7 Å². The van der Waals surface area contributed by atoms with Crippen molar-refractivity contribution < 1.29 is 0 Å². The molecule has 0 atom stereocenters. The topological polar surface area (TPSA) is 0 Å². The lowest BCUT2D eigenvalue weighted by molar-refractivity contribution is 0.660. The van der Waals surface area contributed by atoms with Gasteiger partial charge in [0.15, 0.2) is 0 Å². The van der Waals surface area contributed by atoms with Crippen LogP contribution >= 0.6 is 0 Å². The van der Waals surface area contributed by atoms with Gasteiger partial charge < -0.3 is 0 Å². The van der Waals surface area contributed by atoms with Crippen molar-refractivity contribution in [3.8, 4) is 122 Å². The number of hydrogen-bond acceptors (Lipinski definition) is 0. The van der Waals surface area contributed by atoms with E-state index in [0.29, 0.717) is 0 Å². The highest BCUT2D eigenvalue weighted by Gasteiger charge is 2.40. The maximum Gasteiger partial charge on any atom is 0.0159 e. The molecular weight excluding hydrogens is 1010 g/mol. The second kappa shape index (κ2) is 18.1. The molecular formula is C84H66. The van der Waals surface area contributed by atoms with Crippen LogP contribution in [0.4, 0.5) is 0 Å². The van der Waals surface area contributed by atoms with Crippen LogP contribution in [0, 0.1) is 0 Å². The predicted octanol–water partition coefficient (Wildman–Crippen LogP) is 22.6. The molecule has 84 heavy (non-hydrogen) atoms. The van der Waals surface area contributed by atoms with Gasteiger partial charge in [-0.1, -0.05) is 262 Å². The van der Waals surface area contributed by atoms with Gasteiger partial charge in [0, 0.05) is 21.7 Å². The molecule has 0 N–H and O–H groups in total. The van der Waals surface area contributed by atoms with E-state index in [0.717, 1.165) is 0 Å². The fraction of sp³-hybridized carbons (Fsp3) is 0.143. The molecule has 0 nitrogen and oxygen atoms in total. The second-order valence-electron chi connectivity index (χ2n) is 26.4. The van der Waals surface area contributed by atoms with Crippen molar-refractivity contribution in [1.82, 2.24) is 0 Å². The van der Waals surface area contributed by atoms with E-state index in [1.165, 1.54) is 167 Å². The molecule has 0 spiro atoms. The monoisotopic (exact) mass is 1070 g/mol. The number of fused-ring (bicyclic) bond motifs is 12. The smallest absolute Gasteiger partial charge is 0.0159 e. The van der Waals surface area contributed by atoms with Crippen molar-refractivity contribution >= 4 is 0 Å². The fourth-order valence-electron chi connectivity index (χ4n) is 15.6. The minimum Gasteiger partial charge on any atom is -0.0622 e. The van der Waals surface area contributed by atoms with Gasteiger partial charge in [-0.3, -0.25) is 0 Å². The fourth-order valence-corrected chi connectivity index (χ4v) is 15.6. The molecule has 0 radical (unpaired) electrons. The van der Waals surface area contributed by atoms with Crippen LogP contribution in [-0.2, 0) is 21.7 Å². The molecule has 402 valence electrons. The molecule has 12 aromatic rings.